The highest BCUT2D eigenvalue weighted by Crippen LogP contribution is 2.12. The lowest BCUT2D eigenvalue weighted by atomic mass is 10.2. The van der Waals surface area contributed by atoms with E-state index in [-0.39, 0.29) is 5.91 Å². The summed E-state index contributed by atoms with van der Waals surface area (Å²) in [5, 5.41) is 0. The van der Waals surface area contributed by atoms with Gasteiger partial charge in [-0.15, -0.1) is 0 Å². The average molecular weight is 195 g/mol. The predicted octanol–water partition coefficient (Wildman–Crippen LogP) is 0.0693. The van der Waals surface area contributed by atoms with Crippen LogP contribution in [0.4, 0.5) is 5.82 Å². The standard InChI is InChI=1S/C9H13N3O2/c10-8-7(1-2-11-8)9(13)12-3-5-14-6-4-12/h1-2,11H,3-6,10H2. The third kappa shape index (κ3) is 1.58. The van der Waals surface area contributed by atoms with Crippen LogP contribution in [0.3, 0.4) is 0 Å². The van der Waals surface area contributed by atoms with Gasteiger partial charge in [-0.25, -0.2) is 0 Å². The van der Waals surface area contributed by atoms with Crippen LogP contribution in [0.1, 0.15) is 10.4 Å². The van der Waals surface area contributed by atoms with E-state index >= 15 is 0 Å². The van der Waals surface area contributed by atoms with Crippen molar-refractivity contribution < 1.29 is 9.53 Å². The van der Waals surface area contributed by atoms with Crippen LogP contribution >= 0.6 is 0 Å². The number of morpholine rings is 1. The van der Waals surface area contributed by atoms with Gasteiger partial charge in [0.25, 0.3) is 5.91 Å². The van der Waals surface area contributed by atoms with E-state index in [9.17, 15) is 4.79 Å². The lowest BCUT2D eigenvalue weighted by Gasteiger charge is -2.26. The predicted molar refractivity (Wildman–Crippen MR) is 51.9 cm³/mol. The number of aromatic amines is 1. The molecule has 0 atom stereocenters. The minimum Gasteiger partial charge on any atom is -0.385 e. The second kappa shape index (κ2) is 3.71. The highest BCUT2D eigenvalue weighted by atomic mass is 16.5. The third-order valence-electron chi connectivity index (χ3n) is 2.31. The number of amides is 1. The van der Waals surface area contributed by atoms with Gasteiger partial charge in [-0.3, -0.25) is 4.79 Å². The Labute approximate surface area is 81.8 Å². The van der Waals surface area contributed by atoms with Crippen molar-refractivity contribution in [2.45, 2.75) is 0 Å². The van der Waals surface area contributed by atoms with Gasteiger partial charge in [-0.05, 0) is 6.07 Å². The van der Waals surface area contributed by atoms with E-state index in [2.05, 4.69) is 4.98 Å². The molecule has 2 rings (SSSR count). The van der Waals surface area contributed by atoms with Gasteiger partial charge < -0.3 is 20.4 Å². The molecule has 5 heteroatoms. The van der Waals surface area contributed by atoms with Crippen molar-refractivity contribution in [3.05, 3.63) is 17.8 Å². The smallest absolute Gasteiger partial charge is 0.257 e. The first-order valence-corrected chi connectivity index (χ1v) is 4.59. The summed E-state index contributed by atoms with van der Waals surface area (Å²) in [4.78, 5) is 16.4. The van der Waals surface area contributed by atoms with Gasteiger partial charge in [0.2, 0.25) is 0 Å². The molecule has 1 aromatic rings. The Morgan fingerprint density at radius 1 is 1.50 bits per heavy atom. The molecule has 5 nitrogen and oxygen atoms in total. The van der Waals surface area contributed by atoms with Gasteiger partial charge in [0.05, 0.1) is 18.8 Å². The van der Waals surface area contributed by atoms with E-state index < -0.39 is 0 Å². The molecule has 0 aliphatic carbocycles. The quantitative estimate of drug-likeness (QED) is 0.666. The van der Waals surface area contributed by atoms with E-state index in [4.69, 9.17) is 10.5 Å². The molecule has 1 aliphatic rings. The van der Waals surface area contributed by atoms with Crippen LogP contribution in [0.2, 0.25) is 0 Å². The first kappa shape index (κ1) is 9.08. The lowest BCUT2D eigenvalue weighted by molar-refractivity contribution is 0.0303. The molecule has 1 aromatic heterocycles. The maximum atomic E-state index is 11.9. The first-order valence-electron chi connectivity index (χ1n) is 4.59. The molecule has 0 unspecified atom stereocenters. The molecule has 0 bridgehead atoms. The number of anilines is 1. The fourth-order valence-corrected chi connectivity index (χ4v) is 1.51. The Hall–Kier alpha value is -1.49. The fraction of sp³-hybridized carbons (Fsp3) is 0.444. The summed E-state index contributed by atoms with van der Waals surface area (Å²) in [6.07, 6.45) is 1.67. The number of hydrogen-bond acceptors (Lipinski definition) is 3. The van der Waals surface area contributed by atoms with Crippen LogP contribution in [-0.4, -0.2) is 42.1 Å². The van der Waals surface area contributed by atoms with Crippen LogP contribution < -0.4 is 5.73 Å². The van der Waals surface area contributed by atoms with Gasteiger partial charge >= 0.3 is 0 Å². The number of nitrogens with zero attached hydrogens (tertiary/aromatic N) is 1. The third-order valence-corrected chi connectivity index (χ3v) is 2.31. The van der Waals surface area contributed by atoms with Crippen LogP contribution in [0.5, 0.6) is 0 Å². The van der Waals surface area contributed by atoms with E-state index in [1.165, 1.54) is 0 Å². The highest BCUT2D eigenvalue weighted by molar-refractivity contribution is 5.98. The summed E-state index contributed by atoms with van der Waals surface area (Å²) >= 11 is 0. The number of H-pyrrole nitrogens is 1. The number of aromatic nitrogens is 1. The van der Waals surface area contributed by atoms with Gasteiger partial charge in [-0.2, -0.15) is 0 Å². The summed E-state index contributed by atoms with van der Waals surface area (Å²) in [6.45, 7) is 2.50. The van der Waals surface area contributed by atoms with Crippen molar-refractivity contribution in [2.24, 2.45) is 0 Å². The molecule has 0 saturated carbocycles. The number of nitrogen functional groups attached to an aromatic ring is 1. The first-order chi connectivity index (χ1) is 6.79. The maximum Gasteiger partial charge on any atom is 0.257 e. The number of hydrogen-bond donors (Lipinski definition) is 2. The van der Waals surface area contributed by atoms with E-state index in [0.29, 0.717) is 37.7 Å². The summed E-state index contributed by atoms with van der Waals surface area (Å²) in [6, 6.07) is 1.70. The minimum atomic E-state index is -0.0212. The molecule has 14 heavy (non-hydrogen) atoms. The second-order valence-corrected chi connectivity index (χ2v) is 3.21. The molecule has 1 saturated heterocycles. The van der Waals surface area contributed by atoms with E-state index in [1.54, 1.807) is 17.2 Å². The molecular formula is C9H13N3O2. The topological polar surface area (TPSA) is 71.4 Å². The molecule has 0 aromatic carbocycles. The van der Waals surface area contributed by atoms with Crippen molar-refractivity contribution >= 4 is 11.7 Å². The van der Waals surface area contributed by atoms with Crippen molar-refractivity contribution in [1.29, 1.82) is 0 Å². The summed E-state index contributed by atoms with van der Waals surface area (Å²) in [5.41, 5.74) is 6.16. The number of carbonyl (C=O) groups is 1. The van der Waals surface area contributed by atoms with Crippen molar-refractivity contribution in [3.63, 3.8) is 0 Å². The Bertz CT molecular complexity index is 329. The minimum absolute atomic E-state index is 0.0212. The largest absolute Gasteiger partial charge is 0.385 e. The van der Waals surface area contributed by atoms with E-state index in [0.717, 1.165) is 0 Å². The molecule has 1 aliphatic heterocycles. The van der Waals surface area contributed by atoms with Crippen molar-refractivity contribution in [1.82, 2.24) is 9.88 Å². The molecule has 0 spiro atoms. The number of ether oxygens (including phenoxy) is 1. The average Bonchev–Trinajstić information content (AvgIpc) is 2.65. The molecule has 3 N–H and O–H groups in total. The number of nitrogens with two attached hydrogens (primary N) is 1. The number of rotatable bonds is 1. The van der Waals surface area contributed by atoms with Crippen LogP contribution in [-0.2, 0) is 4.74 Å². The Kier molecular flexibility index (Phi) is 2.41. The van der Waals surface area contributed by atoms with Crippen molar-refractivity contribution in [3.8, 4) is 0 Å². The van der Waals surface area contributed by atoms with Gasteiger partial charge in [-0.1, -0.05) is 0 Å². The Balaban J connectivity index is 2.11. The van der Waals surface area contributed by atoms with Crippen molar-refractivity contribution in [2.75, 3.05) is 32.0 Å². The lowest BCUT2D eigenvalue weighted by Crippen LogP contribution is -2.40. The zero-order chi connectivity index (χ0) is 9.97. The van der Waals surface area contributed by atoms with Gasteiger partial charge in [0, 0.05) is 19.3 Å². The SMILES string of the molecule is Nc1[nH]ccc1C(=O)N1CCOCC1. The number of carbonyl (C=O) groups excluding carboxylic acids is 1. The Morgan fingerprint density at radius 3 is 2.79 bits per heavy atom. The molecule has 76 valence electrons. The monoisotopic (exact) mass is 195 g/mol. The summed E-state index contributed by atoms with van der Waals surface area (Å²) in [7, 11) is 0. The zero-order valence-electron chi connectivity index (χ0n) is 7.82. The highest BCUT2D eigenvalue weighted by Gasteiger charge is 2.20. The zero-order valence-corrected chi connectivity index (χ0v) is 7.82. The van der Waals surface area contributed by atoms with Crippen LogP contribution in [0.25, 0.3) is 0 Å². The van der Waals surface area contributed by atoms with Gasteiger partial charge in [0.15, 0.2) is 0 Å². The van der Waals surface area contributed by atoms with Crippen LogP contribution in [0, 0.1) is 0 Å². The van der Waals surface area contributed by atoms with Crippen LogP contribution in [0.15, 0.2) is 12.3 Å². The second-order valence-electron chi connectivity index (χ2n) is 3.21. The summed E-state index contributed by atoms with van der Waals surface area (Å²) in [5.74, 6) is 0.411. The molecular weight excluding hydrogens is 182 g/mol. The van der Waals surface area contributed by atoms with E-state index in [1.807, 2.05) is 0 Å². The summed E-state index contributed by atoms with van der Waals surface area (Å²) < 4.78 is 5.16. The molecule has 0 radical (unpaired) electrons. The fourth-order valence-electron chi connectivity index (χ4n) is 1.51. The molecule has 1 amide bonds. The Morgan fingerprint density at radius 2 is 2.21 bits per heavy atom. The number of nitrogens with one attached hydrogen (secondary N) is 1. The molecule has 1 fully saturated rings. The normalized spacial score (nSPS) is 17.0. The molecule has 2 heterocycles. The van der Waals surface area contributed by atoms with Gasteiger partial charge in [0.1, 0.15) is 5.82 Å². The maximum absolute atomic E-state index is 11.9.